The van der Waals surface area contributed by atoms with Gasteiger partial charge in [0.1, 0.15) is 18.5 Å². The number of Topliss-reactive ketones (excluding diaryl/α,β-unsaturated/α-hetero) is 1. The lowest BCUT2D eigenvalue weighted by Gasteiger charge is -2.25. The number of ether oxygens (including phenoxy) is 1. The van der Waals surface area contributed by atoms with Crippen LogP contribution in [0.5, 0.6) is 5.75 Å². The monoisotopic (exact) mass is 662 g/mol. The third-order valence-electron chi connectivity index (χ3n) is 9.44. The Hall–Kier alpha value is -1.53. The van der Waals surface area contributed by atoms with Crippen LogP contribution in [0.25, 0.3) is 0 Å². The smallest absolute Gasteiger partial charge is 0.305 e. The quantitative estimate of drug-likeness (QED) is 0.0608. The van der Waals surface area contributed by atoms with E-state index >= 15 is 0 Å². The topological polar surface area (TPSA) is 83.8 Å². The summed E-state index contributed by atoms with van der Waals surface area (Å²) < 4.78 is 5.34. The molecule has 0 aliphatic heterocycles. The van der Waals surface area contributed by atoms with E-state index in [0.29, 0.717) is 36.7 Å². The van der Waals surface area contributed by atoms with Gasteiger partial charge in [0.25, 0.3) is 0 Å². The summed E-state index contributed by atoms with van der Waals surface area (Å²) in [4.78, 5) is 24.3. The average molecular weight is 663 g/mol. The fourth-order valence-electron chi connectivity index (χ4n) is 5.83. The molecule has 0 aromatic heterocycles. The molecule has 1 atom stereocenters. The Morgan fingerprint density at radius 2 is 1.28 bits per heavy atom. The summed E-state index contributed by atoms with van der Waals surface area (Å²) in [6, 6.07) is 5.97. The maximum absolute atomic E-state index is 12.2. The van der Waals surface area contributed by atoms with Gasteiger partial charge in [0.2, 0.25) is 0 Å². The third kappa shape index (κ3) is 21.4. The predicted octanol–water partition coefficient (Wildman–Crippen LogP) is 11.0. The van der Waals surface area contributed by atoms with E-state index in [1.54, 1.807) is 0 Å². The summed E-state index contributed by atoms with van der Waals surface area (Å²) in [7, 11) is 0. The van der Waals surface area contributed by atoms with E-state index in [1.807, 2.05) is 12.1 Å². The number of phenolic OH excluding ortho intramolecular Hbond substituents is 1. The van der Waals surface area contributed by atoms with Gasteiger partial charge in [0.05, 0.1) is 0 Å². The van der Waals surface area contributed by atoms with Crippen LogP contribution in [0.1, 0.15) is 180 Å². The van der Waals surface area contributed by atoms with Crippen LogP contribution < -0.4 is 0 Å². The minimum Gasteiger partial charge on any atom is -0.508 e. The third-order valence-corrected chi connectivity index (χ3v) is 10.4. The molecule has 1 rings (SSSR count). The normalized spacial score (nSPS) is 12.4. The van der Waals surface area contributed by atoms with E-state index in [2.05, 4.69) is 33.8 Å². The highest BCUT2D eigenvalue weighted by atomic mass is 32.2. The number of benzene rings is 1. The molecule has 0 fully saturated rings. The van der Waals surface area contributed by atoms with Crippen LogP contribution in [0.2, 0.25) is 0 Å². The zero-order valence-corrected chi connectivity index (χ0v) is 31.0. The number of aryl methyl sites for hydroxylation is 1. The van der Waals surface area contributed by atoms with E-state index in [0.717, 1.165) is 56.9 Å². The molecule has 0 heterocycles. The molecule has 0 saturated heterocycles. The van der Waals surface area contributed by atoms with E-state index in [-0.39, 0.29) is 17.2 Å². The summed E-state index contributed by atoms with van der Waals surface area (Å²) in [6.45, 7) is 9.06. The number of carbonyl (C=O) groups excluding carboxylic acids is 2. The van der Waals surface area contributed by atoms with E-state index < -0.39 is 6.10 Å². The number of aliphatic hydroxyl groups is 1. The number of esters is 1. The minimum atomic E-state index is -0.918. The molecule has 46 heavy (non-hydrogen) atoms. The number of hydrogen-bond acceptors (Lipinski definition) is 6. The van der Waals surface area contributed by atoms with Crippen molar-refractivity contribution in [2.75, 3.05) is 18.1 Å². The second-order valence-electron chi connectivity index (χ2n) is 14.0. The molecule has 0 aliphatic rings. The number of unbranched alkanes of at least 4 members (excludes halogenated alkanes) is 17. The molecule has 266 valence electrons. The molecule has 0 saturated carbocycles. The Bertz CT molecular complexity index is 915. The predicted molar refractivity (Wildman–Crippen MR) is 197 cm³/mol. The first-order valence-corrected chi connectivity index (χ1v) is 20.1. The molecule has 2 N–H and O–H groups in total. The van der Waals surface area contributed by atoms with Gasteiger partial charge in [-0.1, -0.05) is 143 Å². The van der Waals surface area contributed by atoms with Crippen molar-refractivity contribution >= 4 is 23.5 Å². The molecule has 5 nitrogen and oxygen atoms in total. The number of phenols is 1. The lowest BCUT2D eigenvalue weighted by atomic mass is 9.80. The first-order chi connectivity index (χ1) is 22.2. The van der Waals surface area contributed by atoms with Crippen molar-refractivity contribution in [3.05, 3.63) is 29.3 Å². The summed E-state index contributed by atoms with van der Waals surface area (Å²) in [5.41, 5.74) is 2.23. The van der Waals surface area contributed by atoms with Crippen molar-refractivity contribution in [3.63, 3.8) is 0 Å². The summed E-state index contributed by atoms with van der Waals surface area (Å²) in [5, 5.41) is 20.4. The van der Waals surface area contributed by atoms with Crippen molar-refractivity contribution < 1.29 is 24.5 Å². The lowest BCUT2D eigenvalue weighted by Crippen LogP contribution is -2.23. The maximum Gasteiger partial charge on any atom is 0.305 e. The van der Waals surface area contributed by atoms with Crippen LogP contribution in [0.4, 0.5) is 0 Å². The molecule has 1 aromatic rings. The standard InChI is InChI=1S/C40H70O5S/c1-5-7-8-9-10-11-12-13-14-15-16-17-18-19-23-26-37(42)38(43)33-46-31-30-45-39(44)27-24-21-20-22-25-34-28-29-36(41)35(32-34)40(3,4)6-2/h28-29,32,38,41,43H,5-27,30-31,33H2,1-4H3. The summed E-state index contributed by atoms with van der Waals surface area (Å²) >= 11 is 1.47. The van der Waals surface area contributed by atoms with Crippen molar-refractivity contribution in [2.24, 2.45) is 0 Å². The fraction of sp³-hybridized carbons (Fsp3) is 0.800. The number of rotatable bonds is 31. The number of thioether (sulfide) groups is 1. The van der Waals surface area contributed by atoms with E-state index in [9.17, 15) is 19.8 Å². The van der Waals surface area contributed by atoms with Gasteiger partial charge >= 0.3 is 5.97 Å². The Kier molecular flexibility index (Phi) is 25.3. The van der Waals surface area contributed by atoms with E-state index in [4.69, 9.17) is 4.74 Å². The zero-order valence-electron chi connectivity index (χ0n) is 30.2. The highest BCUT2D eigenvalue weighted by Gasteiger charge is 2.22. The second-order valence-corrected chi connectivity index (χ2v) is 15.1. The van der Waals surface area contributed by atoms with Crippen molar-refractivity contribution in [2.45, 2.75) is 187 Å². The molecule has 1 aromatic carbocycles. The fourth-order valence-corrected chi connectivity index (χ4v) is 6.61. The van der Waals surface area contributed by atoms with Crippen molar-refractivity contribution in [1.82, 2.24) is 0 Å². The number of aromatic hydroxyl groups is 1. The number of carbonyl (C=O) groups is 2. The van der Waals surface area contributed by atoms with Crippen LogP contribution in [0.3, 0.4) is 0 Å². The van der Waals surface area contributed by atoms with Crippen LogP contribution in [-0.2, 0) is 26.2 Å². The van der Waals surface area contributed by atoms with Crippen LogP contribution >= 0.6 is 11.8 Å². The van der Waals surface area contributed by atoms with Crippen LogP contribution in [-0.4, -0.2) is 46.2 Å². The Morgan fingerprint density at radius 3 is 1.85 bits per heavy atom. The van der Waals surface area contributed by atoms with Crippen LogP contribution in [0.15, 0.2) is 18.2 Å². The van der Waals surface area contributed by atoms with Crippen molar-refractivity contribution in [3.8, 4) is 5.75 Å². The largest absolute Gasteiger partial charge is 0.508 e. The van der Waals surface area contributed by atoms with Gasteiger partial charge in [-0.15, -0.1) is 0 Å². The molecule has 0 spiro atoms. The maximum atomic E-state index is 12.2. The lowest BCUT2D eigenvalue weighted by molar-refractivity contribution is -0.143. The van der Waals surface area contributed by atoms with Gasteiger partial charge in [-0.3, -0.25) is 9.59 Å². The highest BCUT2D eigenvalue weighted by molar-refractivity contribution is 7.99. The SMILES string of the molecule is CCCCCCCCCCCCCCCCCC(=O)C(O)CSCCOC(=O)CCCCCCc1ccc(O)c(C(C)(C)CC)c1. The first-order valence-electron chi connectivity index (χ1n) is 19.0. The Balaban J connectivity index is 1.93. The Morgan fingerprint density at radius 1 is 0.761 bits per heavy atom. The molecule has 0 amide bonds. The van der Waals surface area contributed by atoms with Gasteiger partial charge in [-0.2, -0.15) is 11.8 Å². The highest BCUT2D eigenvalue weighted by Crippen LogP contribution is 2.34. The molecular formula is C40H70O5S. The average Bonchev–Trinajstić information content (AvgIpc) is 3.04. The molecule has 6 heteroatoms. The van der Waals surface area contributed by atoms with E-state index in [1.165, 1.54) is 101 Å². The van der Waals surface area contributed by atoms with Crippen LogP contribution in [0, 0.1) is 0 Å². The molecular weight excluding hydrogens is 593 g/mol. The first kappa shape index (κ1) is 42.5. The molecule has 0 aliphatic carbocycles. The molecule has 0 radical (unpaired) electrons. The molecule has 0 bridgehead atoms. The van der Waals surface area contributed by atoms with Gasteiger partial charge in [0, 0.05) is 24.3 Å². The molecule has 1 unspecified atom stereocenters. The van der Waals surface area contributed by atoms with Gasteiger partial charge < -0.3 is 14.9 Å². The van der Waals surface area contributed by atoms with Gasteiger partial charge in [0.15, 0.2) is 5.78 Å². The number of ketones is 1. The van der Waals surface area contributed by atoms with Gasteiger partial charge in [-0.25, -0.2) is 0 Å². The Labute approximate surface area is 287 Å². The summed E-state index contributed by atoms with van der Waals surface area (Å²) in [5.74, 6) is 1.11. The van der Waals surface area contributed by atoms with Crippen molar-refractivity contribution in [1.29, 1.82) is 0 Å². The minimum absolute atomic E-state index is 0.0403. The number of hydrogen-bond donors (Lipinski definition) is 2. The second kappa shape index (κ2) is 27.4. The number of aliphatic hydroxyl groups excluding tert-OH is 1. The summed E-state index contributed by atoms with van der Waals surface area (Å²) in [6.07, 6.45) is 25.3. The van der Waals surface area contributed by atoms with Gasteiger partial charge in [-0.05, 0) is 54.7 Å². The zero-order chi connectivity index (χ0) is 33.9.